The molecular formula is C13H26N2O2. The Hall–Kier alpha value is -0.630. The summed E-state index contributed by atoms with van der Waals surface area (Å²) in [6.45, 7) is 9.59. The second-order valence-electron chi connectivity index (χ2n) is 3.99. The van der Waals surface area contributed by atoms with Crippen LogP contribution in [0.3, 0.4) is 0 Å². The van der Waals surface area contributed by atoms with Crippen LogP contribution in [0.4, 0.5) is 0 Å². The van der Waals surface area contributed by atoms with E-state index in [4.69, 9.17) is 9.47 Å². The first-order valence-corrected chi connectivity index (χ1v) is 6.56. The molecule has 17 heavy (non-hydrogen) atoms. The summed E-state index contributed by atoms with van der Waals surface area (Å²) in [5, 5.41) is 12.5. The van der Waals surface area contributed by atoms with Crippen molar-refractivity contribution in [3.05, 3.63) is 0 Å². The zero-order valence-corrected chi connectivity index (χ0v) is 11.4. The summed E-state index contributed by atoms with van der Waals surface area (Å²) in [5.41, 5.74) is -0.377. The van der Waals surface area contributed by atoms with Crippen LogP contribution >= 0.6 is 0 Å². The van der Waals surface area contributed by atoms with Crippen LogP contribution in [0.15, 0.2) is 0 Å². The second-order valence-corrected chi connectivity index (χ2v) is 3.99. The molecule has 0 aliphatic rings. The van der Waals surface area contributed by atoms with E-state index >= 15 is 0 Å². The van der Waals surface area contributed by atoms with Gasteiger partial charge in [-0.15, -0.1) is 0 Å². The standard InChI is InChI=1S/C13H26N2O2/c1-4-13(12-14,15-5-2)8-7-9-17-11-10-16-6-3/h15H,4-11H2,1-3H3. The van der Waals surface area contributed by atoms with Crippen molar-refractivity contribution in [3.63, 3.8) is 0 Å². The second kappa shape index (κ2) is 10.5. The maximum atomic E-state index is 9.21. The van der Waals surface area contributed by atoms with E-state index in [0.29, 0.717) is 19.8 Å². The van der Waals surface area contributed by atoms with Crippen LogP contribution < -0.4 is 5.32 Å². The van der Waals surface area contributed by atoms with Gasteiger partial charge in [-0.1, -0.05) is 13.8 Å². The predicted molar refractivity (Wildman–Crippen MR) is 68.9 cm³/mol. The lowest BCUT2D eigenvalue weighted by atomic mass is 9.92. The molecule has 0 aliphatic carbocycles. The summed E-state index contributed by atoms with van der Waals surface area (Å²) in [5.74, 6) is 0. The molecule has 0 fully saturated rings. The van der Waals surface area contributed by atoms with Crippen molar-refractivity contribution >= 4 is 0 Å². The molecule has 1 unspecified atom stereocenters. The van der Waals surface area contributed by atoms with Crippen molar-refractivity contribution in [3.8, 4) is 6.07 Å². The molecule has 1 N–H and O–H groups in total. The Balaban J connectivity index is 3.65. The SMILES string of the molecule is CCNC(C#N)(CC)CCCOCCOCC. The quantitative estimate of drug-likeness (QED) is 0.564. The molecule has 0 aliphatic heterocycles. The van der Waals surface area contributed by atoms with Crippen LogP contribution in [0.2, 0.25) is 0 Å². The lowest BCUT2D eigenvalue weighted by molar-refractivity contribution is 0.0498. The number of hydrogen-bond acceptors (Lipinski definition) is 4. The minimum Gasteiger partial charge on any atom is -0.379 e. The van der Waals surface area contributed by atoms with E-state index < -0.39 is 0 Å². The van der Waals surface area contributed by atoms with Gasteiger partial charge in [-0.2, -0.15) is 5.26 Å². The van der Waals surface area contributed by atoms with Gasteiger partial charge < -0.3 is 9.47 Å². The first-order valence-electron chi connectivity index (χ1n) is 6.56. The minimum atomic E-state index is -0.377. The number of hydrogen-bond donors (Lipinski definition) is 1. The Morgan fingerprint density at radius 2 is 1.82 bits per heavy atom. The Labute approximate surface area is 105 Å². The molecule has 0 aromatic rings. The average Bonchev–Trinajstić information content (AvgIpc) is 2.36. The summed E-state index contributed by atoms with van der Waals surface area (Å²) in [6, 6.07) is 2.39. The van der Waals surface area contributed by atoms with Crippen LogP contribution in [0, 0.1) is 11.3 Å². The van der Waals surface area contributed by atoms with E-state index in [1.165, 1.54) is 0 Å². The average molecular weight is 242 g/mol. The van der Waals surface area contributed by atoms with Gasteiger partial charge in [-0.3, -0.25) is 5.32 Å². The molecule has 0 rings (SSSR count). The highest BCUT2D eigenvalue weighted by atomic mass is 16.5. The van der Waals surface area contributed by atoms with Crippen LogP contribution in [0.5, 0.6) is 0 Å². The first kappa shape index (κ1) is 16.4. The molecule has 4 nitrogen and oxygen atoms in total. The molecule has 0 heterocycles. The highest BCUT2D eigenvalue weighted by molar-refractivity contribution is 5.05. The van der Waals surface area contributed by atoms with Crippen molar-refractivity contribution in [1.29, 1.82) is 5.26 Å². The van der Waals surface area contributed by atoms with Crippen molar-refractivity contribution in [2.75, 3.05) is 33.0 Å². The fourth-order valence-electron chi connectivity index (χ4n) is 1.74. The monoisotopic (exact) mass is 242 g/mol. The van der Waals surface area contributed by atoms with Gasteiger partial charge >= 0.3 is 0 Å². The van der Waals surface area contributed by atoms with Gasteiger partial charge in [-0.05, 0) is 32.7 Å². The predicted octanol–water partition coefficient (Wildman–Crippen LogP) is 2.10. The van der Waals surface area contributed by atoms with E-state index in [9.17, 15) is 5.26 Å². The first-order chi connectivity index (χ1) is 8.24. The van der Waals surface area contributed by atoms with Crippen LogP contribution in [0.25, 0.3) is 0 Å². The van der Waals surface area contributed by atoms with Crippen molar-refractivity contribution in [1.82, 2.24) is 5.32 Å². The molecule has 100 valence electrons. The summed E-state index contributed by atoms with van der Waals surface area (Å²) >= 11 is 0. The zero-order chi connectivity index (χ0) is 13.0. The van der Waals surface area contributed by atoms with Crippen LogP contribution in [-0.2, 0) is 9.47 Å². The minimum absolute atomic E-state index is 0.377. The summed E-state index contributed by atoms with van der Waals surface area (Å²) in [7, 11) is 0. The number of nitriles is 1. The fourth-order valence-corrected chi connectivity index (χ4v) is 1.74. The number of nitrogens with zero attached hydrogens (tertiary/aromatic N) is 1. The summed E-state index contributed by atoms with van der Waals surface area (Å²) < 4.78 is 10.6. The van der Waals surface area contributed by atoms with Gasteiger partial charge in [0, 0.05) is 13.2 Å². The van der Waals surface area contributed by atoms with Gasteiger partial charge in [0.15, 0.2) is 0 Å². The smallest absolute Gasteiger partial charge is 0.106 e. The third-order valence-corrected chi connectivity index (χ3v) is 2.80. The molecule has 1 atom stereocenters. The van der Waals surface area contributed by atoms with Gasteiger partial charge in [-0.25, -0.2) is 0 Å². The number of rotatable bonds is 11. The van der Waals surface area contributed by atoms with Crippen molar-refractivity contribution in [2.24, 2.45) is 0 Å². The Morgan fingerprint density at radius 3 is 2.35 bits per heavy atom. The summed E-state index contributed by atoms with van der Waals surface area (Å²) in [6.07, 6.45) is 2.57. The van der Waals surface area contributed by atoms with Crippen LogP contribution in [0.1, 0.15) is 40.0 Å². The normalized spacial score (nSPS) is 14.2. The van der Waals surface area contributed by atoms with E-state index in [-0.39, 0.29) is 5.54 Å². The third kappa shape index (κ3) is 7.32. The molecule has 0 aromatic carbocycles. The molecule has 0 saturated carbocycles. The van der Waals surface area contributed by atoms with Gasteiger partial charge in [0.1, 0.15) is 5.54 Å². The summed E-state index contributed by atoms with van der Waals surface area (Å²) in [4.78, 5) is 0. The van der Waals surface area contributed by atoms with Gasteiger partial charge in [0.05, 0.1) is 19.3 Å². The third-order valence-electron chi connectivity index (χ3n) is 2.80. The van der Waals surface area contributed by atoms with Crippen molar-refractivity contribution < 1.29 is 9.47 Å². The zero-order valence-electron chi connectivity index (χ0n) is 11.4. The molecule has 0 spiro atoms. The van der Waals surface area contributed by atoms with Gasteiger partial charge in [0.2, 0.25) is 0 Å². The lowest BCUT2D eigenvalue weighted by Crippen LogP contribution is -2.43. The Morgan fingerprint density at radius 1 is 1.12 bits per heavy atom. The highest BCUT2D eigenvalue weighted by Gasteiger charge is 2.25. The maximum absolute atomic E-state index is 9.21. The topological polar surface area (TPSA) is 54.3 Å². The van der Waals surface area contributed by atoms with E-state index in [2.05, 4.69) is 11.4 Å². The maximum Gasteiger partial charge on any atom is 0.106 e. The number of nitrogens with one attached hydrogen (secondary N) is 1. The highest BCUT2D eigenvalue weighted by Crippen LogP contribution is 2.16. The molecular weight excluding hydrogens is 216 g/mol. The molecule has 4 heteroatoms. The molecule has 0 saturated heterocycles. The van der Waals surface area contributed by atoms with Gasteiger partial charge in [0.25, 0.3) is 0 Å². The lowest BCUT2D eigenvalue weighted by Gasteiger charge is -2.25. The van der Waals surface area contributed by atoms with E-state index in [0.717, 1.165) is 32.4 Å². The van der Waals surface area contributed by atoms with Crippen molar-refractivity contribution in [2.45, 2.75) is 45.6 Å². The van der Waals surface area contributed by atoms with Crippen LogP contribution in [-0.4, -0.2) is 38.5 Å². The molecule has 0 amide bonds. The van der Waals surface area contributed by atoms with E-state index in [1.54, 1.807) is 0 Å². The Kier molecular flexibility index (Phi) is 10.1. The Bertz CT molecular complexity index is 216. The molecule has 0 aromatic heterocycles. The largest absolute Gasteiger partial charge is 0.379 e. The fraction of sp³-hybridized carbons (Fsp3) is 0.923. The molecule has 0 radical (unpaired) electrons. The molecule has 0 bridgehead atoms. The van der Waals surface area contributed by atoms with E-state index in [1.807, 2.05) is 20.8 Å². The number of ether oxygens (including phenoxy) is 2.